The normalized spacial score (nSPS) is 22.1. The van der Waals surface area contributed by atoms with Gasteiger partial charge in [0.25, 0.3) is 0 Å². The van der Waals surface area contributed by atoms with Crippen LogP contribution in [0.4, 0.5) is 11.5 Å². The quantitative estimate of drug-likeness (QED) is 0.349. The first-order chi connectivity index (χ1) is 17.0. The van der Waals surface area contributed by atoms with Crippen molar-refractivity contribution >= 4 is 34.7 Å². The van der Waals surface area contributed by atoms with Gasteiger partial charge in [0.2, 0.25) is 0 Å². The van der Waals surface area contributed by atoms with E-state index in [2.05, 4.69) is 32.8 Å². The van der Waals surface area contributed by atoms with E-state index in [-0.39, 0.29) is 0 Å². The SMILES string of the molecule is COC[C@H](C)N[C@H]1CC[C@H](Nc2cc(-c3cc(NCC4CCOCC4)cnc3Cl)c(Cl)cn2)CC1. The van der Waals surface area contributed by atoms with Crippen molar-refractivity contribution in [2.45, 2.75) is 63.6 Å². The molecule has 0 bridgehead atoms. The minimum Gasteiger partial charge on any atom is -0.384 e. The number of aromatic nitrogens is 2. The molecule has 4 rings (SSSR count). The van der Waals surface area contributed by atoms with Crippen LogP contribution in [0.25, 0.3) is 11.1 Å². The molecular formula is C26H37Cl2N5O2. The van der Waals surface area contributed by atoms with Gasteiger partial charge in [0, 0.05) is 62.3 Å². The van der Waals surface area contributed by atoms with E-state index < -0.39 is 0 Å². The molecule has 192 valence electrons. The zero-order valence-corrected chi connectivity index (χ0v) is 22.2. The maximum Gasteiger partial charge on any atom is 0.137 e. The number of pyridine rings is 2. The zero-order chi connectivity index (χ0) is 24.6. The number of anilines is 2. The Kier molecular flexibility index (Phi) is 9.86. The molecule has 1 aliphatic carbocycles. The van der Waals surface area contributed by atoms with Crippen LogP contribution in [-0.4, -0.2) is 61.6 Å². The van der Waals surface area contributed by atoms with Crippen LogP contribution >= 0.6 is 23.2 Å². The Balaban J connectivity index is 1.38. The van der Waals surface area contributed by atoms with Gasteiger partial charge in [-0.25, -0.2) is 9.97 Å². The fraction of sp³-hybridized carbons (Fsp3) is 0.615. The maximum atomic E-state index is 6.56. The minimum absolute atomic E-state index is 0.371. The van der Waals surface area contributed by atoms with E-state index in [1.807, 2.05) is 12.1 Å². The van der Waals surface area contributed by atoms with E-state index in [1.54, 1.807) is 19.5 Å². The van der Waals surface area contributed by atoms with Crippen molar-refractivity contribution in [3.63, 3.8) is 0 Å². The summed E-state index contributed by atoms with van der Waals surface area (Å²) < 4.78 is 10.7. The Morgan fingerprint density at radius 2 is 1.74 bits per heavy atom. The number of hydrogen-bond acceptors (Lipinski definition) is 7. The second-order valence-corrected chi connectivity index (χ2v) is 10.5. The van der Waals surface area contributed by atoms with Gasteiger partial charge in [-0.1, -0.05) is 23.2 Å². The van der Waals surface area contributed by atoms with Crippen LogP contribution in [0.1, 0.15) is 45.4 Å². The lowest BCUT2D eigenvalue weighted by molar-refractivity contribution is 0.0699. The highest BCUT2D eigenvalue weighted by Crippen LogP contribution is 2.35. The molecule has 1 aliphatic heterocycles. The highest BCUT2D eigenvalue weighted by molar-refractivity contribution is 6.36. The zero-order valence-electron chi connectivity index (χ0n) is 20.7. The maximum absolute atomic E-state index is 6.56. The molecule has 3 N–H and O–H groups in total. The molecule has 0 radical (unpaired) electrons. The van der Waals surface area contributed by atoms with Gasteiger partial charge < -0.3 is 25.4 Å². The number of nitrogens with zero attached hydrogens (tertiary/aromatic N) is 2. The summed E-state index contributed by atoms with van der Waals surface area (Å²) in [5.74, 6) is 1.42. The van der Waals surface area contributed by atoms with Gasteiger partial charge in [-0.3, -0.25) is 0 Å². The topological polar surface area (TPSA) is 80.3 Å². The standard InChI is InChI=1S/C26H37Cl2N5O2/c1-17(16-34-2)32-19-3-5-20(6-4-19)33-25-12-22(24(27)15-30-25)23-11-21(14-31-26(23)28)29-13-18-7-9-35-10-8-18/h11-12,14-15,17-20,29,32H,3-10,13,16H2,1-2H3,(H,30,33)/t17-,19-,20-/m0/s1. The number of rotatable bonds is 10. The molecule has 1 saturated heterocycles. The summed E-state index contributed by atoms with van der Waals surface area (Å²) >= 11 is 13.1. The fourth-order valence-electron chi connectivity index (χ4n) is 4.98. The first-order valence-corrected chi connectivity index (χ1v) is 13.4. The van der Waals surface area contributed by atoms with Crippen LogP contribution in [0.5, 0.6) is 0 Å². The van der Waals surface area contributed by atoms with Gasteiger partial charge >= 0.3 is 0 Å². The average molecular weight is 523 g/mol. The van der Waals surface area contributed by atoms with Crippen LogP contribution in [0, 0.1) is 5.92 Å². The van der Waals surface area contributed by atoms with Crippen molar-refractivity contribution in [3.8, 4) is 11.1 Å². The van der Waals surface area contributed by atoms with Crippen LogP contribution < -0.4 is 16.0 Å². The number of ether oxygens (including phenoxy) is 2. The summed E-state index contributed by atoms with van der Waals surface area (Å²) in [4.78, 5) is 8.95. The molecule has 1 saturated carbocycles. The van der Waals surface area contributed by atoms with E-state index in [0.29, 0.717) is 34.2 Å². The summed E-state index contributed by atoms with van der Waals surface area (Å²) in [6.45, 7) is 5.47. The Bertz CT molecular complexity index is 949. The summed E-state index contributed by atoms with van der Waals surface area (Å²) in [5, 5.41) is 11.8. The third kappa shape index (κ3) is 7.67. The smallest absolute Gasteiger partial charge is 0.137 e. The fourth-order valence-corrected chi connectivity index (χ4v) is 5.39. The molecule has 2 aliphatic rings. The predicted octanol–water partition coefficient (Wildman–Crippen LogP) is 5.64. The van der Waals surface area contributed by atoms with Crippen molar-refractivity contribution in [2.75, 3.05) is 44.1 Å². The molecule has 1 atom stereocenters. The largest absolute Gasteiger partial charge is 0.384 e. The molecule has 9 heteroatoms. The summed E-state index contributed by atoms with van der Waals surface area (Å²) in [6, 6.07) is 5.30. The second-order valence-electron chi connectivity index (χ2n) is 9.76. The van der Waals surface area contributed by atoms with E-state index in [1.165, 1.54) is 0 Å². The number of methoxy groups -OCH3 is 1. The third-order valence-electron chi connectivity index (χ3n) is 6.94. The average Bonchev–Trinajstić information content (AvgIpc) is 2.87. The Morgan fingerprint density at radius 1 is 1.00 bits per heavy atom. The molecule has 0 spiro atoms. The van der Waals surface area contributed by atoms with Crippen molar-refractivity contribution in [1.29, 1.82) is 0 Å². The van der Waals surface area contributed by atoms with Gasteiger partial charge in [0.15, 0.2) is 0 Å². The minimum atomic E-state index is 0.371. The molecule has 0 amide bonds. The van der Waals surface area contributed by atoms with Crippen LogP contribution in [0.15, 0.2) is 24.5 Å². The highest BCUT2D eigenvalue weighted by Gasteiger charge is 2.23. The molecule has 7 nitrogen and oxygen atoms in total. The summed E-state index contributed by atoms with van der Waals surface area (Å²) in [7, 11) is 1.75. The second kappa shape index (κ2) is 13.1. The molecule has 0 unspecified atom stereocenters. The molecule has 2 fully saturated rings. The lowest BCUT2D eigenvalue weighted by Crippen LogP contribution is -2.42. The lowest BCUT2D eigenvalue weighted by atomic mass is 9.90. The Labute approximate surface area is 218 Å². The van der Waals surface area contributed by atoms with Crippen molar-refractivity contribution in [3.05, 3.63) is 34.7 Å². The Morgan fingerprint density at radius 3 is 2.49 bits per heavy atom. The van der Waals surface area contributed by atoms with Crippen molar-refractivity contribution in [1.82, 2.24) is 15.3 Å². The number of halogens is 2. The van der Waals surface area contributed by atoms with Crippen molar-refractivity contribution < 1.29 is 9.47 Å². The Hall–Kier alpha value is -1.64. The van der Waals surface area contributed by atoms with Crippen LogP contribution in [0.2, 0.25) is 10.2 Å². The van der Waals surface area contributed by atoms with Gasteiger partial charge in [-0.15, -0.1) is 0 Å². The molecular weight excluding hydrogens is 485 g/mol. The van der Waals surface area contributed by atoms with Crippen LogP contribution in [0.3, 0.4) is 0 Å². The first kappa shape index (κ1) is 26.4. The van der Waals surface area contributed by atoms with E-state index in [4.69, 9.17) is 32.7 Å². The molecule has 35 heavy (non-hydrogen) atoms. The molecule has 0 aromatic carbocycles. The van der Waals surface area contributed by atoms with Crippen LogP contribution in [-0.2, 0) is 9.47 Å². The van der Waals surface area contributed by atoms with E-state index in [9.17, 15) is 0 Å². The van der Waals surface area contributed by atoms with E-state index >= 15 is 0 Å². The molecule has 2 aromatic rings. The van der Waals surface area contributed by atoms with Gasteiger partial charge in [-0.2, -0.15) is 0 Å². The van der Waals surface area contributed by atoms with Gasteiger partial charge in [0.1, 0.15) is 11.0 Å². The number of hydrogen-bond donors (Lipinski definition) is 3. The lowest BCUT2D eigenvalue weighted by Gasteiger charge is -2.32. The van der Waals surface area contributed by atoms with Gasteiger partial charge in [0.05, 0.1) is 23.5 Å². The summed E-state index contributed by atoms with van der Waals surface area (Å²) in [5.41, 5.74) is 2.58. The summed E-state index contributed by atoms with van der Waals surface area (Å²) in [6.07, 6.45) is 10.1. The predicted molar refractivity (Wildman–Crippen MR) is 144 cm³/mol. The monoisotopic (exact) mass is 521 g/mol. The third-order valence-corrected chi connectivity index (χ3v) is 7.54. The van der Waals surface area contributed by atoms with Crippen molar-refractivity contribution in [2.24, 2.45) is 5.92 Å². The first-order valence-electron chi connectivity index (χ1n) is 12.7. The van der Waals surface area contributed by atoms with Gasteiger partial charge in [-0.05, 0) is 63.5 Å². The molecule has 2 aromatic heterocycles. The molecule has 3 heterocycles. The number of nitrogens with one attached hydrogen (secondary N) is 3. The van der Waals surface area contributed by atoms with E-state index in [0.717, 1.165) is 87.5 Å². The highest BCUT2D eigenvalue weighted by atomic mass is 35.5.